The number of pyridine rings is 1. The van der Waals surface area contributed by atoms with Crippen LogP contribution >= 0.6 is 0 Å². The molecule has 0 spiro atoms. The Morgan fingerprint density at radius 2 is 2.35 bits per heavy atom. The molecule has 1 fully saturated rings. The topological polar surface area (TPSA) is 68.2 Å². The summed E-state index contributed by atoms with van der Waals surface area (Å²) < 4.78 is 1.80. The fourth-order valence-electron chi connectivity index (χ4n) is 2.43. The van der Waals surface area contributed by atoms with Gasteiger partial charge in [-0.2, -0.15) is 4.98 Å². The second-order valence-corrected chi connectivity index (χ2v) is 4.74. The van der Waals surface area contributed by atoms with Gasteiger partial charge in [-0.3, -0.25) is 0 Å². The van der Waals surface area contributed by atoms with Gasteiger partial charge in [-0.25, -0.2) is 4.52 Å². The number of hydrogen-bond donors (Lipinski definition) is 2. The number of aryl methyl sites for hydroxylation is 1. The van der Waals surface area contributed by atoms with Gasteiger partial charge in [0, 0.05) is 18.3 Å². The minimum Gasteiger partial charge on any atom is -0.349 e. The lowest BCUT2D eigenvalue weighted by molar-refractivity contribution is 0.633. The van der Waals surface area contributed by atoms with Crippen molar-refractivity contribution in [2.24, 2.45) is 5.73 Å². The molecule has 17 heavy (non-hydrogen) atoms. The van der Waals surface area contributed by atoms with Gasteiger partial charge in [0.05, 0.1) is 0 Å². The van der Waals surface area contributed by atoms with Crippen LogP contribution in [-0.4, -0.2) is 26.7 Å². The zero-order chi connectivity index (χ0) is 11.8. The molecule has 90 valence electrons. The summed E-state index contributed by atoms with van der Waals surface area (Å²) in [6, 6.07) is 4.55. The summed E-state index contributed by atoms with van der Waals surface area (Å²) in [6.07, 6.45) is 5.29. The van der Waals surface area contributed by atoms with Crippen molar-refractivity contribution in [3.8, 4) is 0 Å². The summed E-state index contributed by atoms with van der Waals surface area (Å²) in [7, 11) is 0. The first-order valence-electron chi connectivity index (χ1n) is 6.08. The minimum absolute atomic E-state index is 0.225. The van der Waals surface area contributed by atoms with Gasteiger partial charge in [0.15, 0.2) is 5.65 Å². The average molecular weight is 231 g/mol. The number of rotatable bonds is 2. The molecule has 2 heterocycles. The van der Waals surface area contributed by atoms with Gasteiger partial charge >= 0.3 is 0 Å². The van der Waals surface area contributed by atoms with E-state index in [1.54, 1.807) is 4.52 Å². The third-order valence-corrected chi connectivity index (χ3v) is 3.44. The molecule has 0 saturated heterocycles. The van der Waals surface area contributed by atoms with Crippen LogP contribution in [0.3, 0.4) is 0 Å². The summed E-state index contributed by atoms with van der Waals surface area (Å²) in [5.41, 5.74) is 8.06. The van der Waals surface area contributed by atoms with E-state index in [9.17, 15) is 0 Å². The number of aromatic nitrogens is 3. The highest BCUT2D eigenvalue weighted by Crippen LogP contribution is 2.20. The van der Waals surface area contributed by atoms with Gasteiger partial charge in [0.25, 0.3) is 0 Å². The van der Waals surface area contributed by atoms with Crippen molar-refractivity contribution >= 4 is 11.6 Å². The predicted molar refractivity (Wildman–Crippen MR) is 67.0 cm³/mol. The van der Waals surface area contributed by atoms with E-state index in [4.69, 9.17) is 5.73 Å². The number of hydrogen-bond acceptors (Lipinski definition) is 4. The number of anilines is 1. The lowest BCUT2D eigenvalue weighted by Crippen LogP contribution is -2.35. The number of nitrogens with one attached hydrogen (secondary N) is 1. The van der Waals surface area contributed by atoms with Gasteiger partial charge in [-0.1, -0.05) is 6.07 Å². The minimum atomic E-state index is 0.225. The van der Waals surface area contributed by atoms with E-state index in [0.29, 0.717) is 12.0 Å². The molecule has 0 bridgehead atoms. The lowest BCUT2D eigenvalue weighted by Gasteiger charge is -2.15. The molecule has 1 aliphatic rings. The molecule has 0 aromatic carbocycles. The number of nitrogens with zero attached hydrogens (tertiary/aromatic N) is 3. The summed E-state index contributed by atoms with van der Waals surface area (Å²) in [6.45, 7) is 2.04. The van der Waals surface area contributed by atoms with Gasteiger partial charge < -0.3 is 11.1 Å². The molecule has 3 N–H and O–H groups in total. The van der Waals surface area contributed by atoms with E-state index in [-0.39, 0.29) is 6.04 Å². The quantitative estimate of drug-likeness (QED) is 0.818. The third-order valence-electron chi connectivity index (χ3n) is 3.44. The predicted octanol–water partition coefficient (Wildman–Crippen LogP) is 1.33. The van der Waals surface area contributed by atoms with Crippen LogP contribution in [0.15, 0.2) is 18.3 Å². The summed E-state index contributed by atoms with van der Waals surface area (Å²) in [4.78, 5) is 4.50. The first-order valence-corrected chi connectivity index (χ1v) is 6.08. The second-order valence-electron chi connectivity index (χ2n) is 4.74. The number of fused-ring (bicyclic) bond motifs is 1. The molecule has 1 saturated carbocycles. The van der Waals surface area contributed by atoms with E-state index in [0.717, 1.165) is 24.1 Å². The Balaban J connectivity index is 1.88. The van der Waals surface area contributed by atoms with Crippen molar-refractivity contribution < 1.29 is 0 Å². The Labute approximate surface area is 100 Å². The number of nitrogens with two attached hydrogens (primary N) is 1. The van der Waals surface area contributed by atoms with E-state index in [1.807, 2.05) is 25.3 Å². The molecule has 2 atom stereocenters. The molecule has 1 aliphatic carbocycles. The van der Waals surface area contributed by atoms with Crippen LogP contribution in [0.2, 0.25) is 0 Å². The zero-order valence-corrected chi connectivity index (χ0v) is 9.93. The van der Waals surface area contributed by atoms with Crippen molar-refractivity contribution in [3.63, 3.8) is 0 Å². The SMILES string of the molecule is Cc1cccn2nc(NC3CCCC3N)nc12. The van der Waals surface area contributed by atoms with Crippen LogP contribution in [0.1, 0.15) is 24.8 Å². The third kappa shape index (κ3) is 1.86. The first kappa shape index (κ1) is 10.5. The molecule has 0 amide bonds. The van der Waals surface area contributed by atoms with Crippen molar-refractivity contribution in [1.29, 1.82) is 0 Å². The smallest absolute Gasteiger partial charge is 0.243 e. The largest absolute Gasteiger partial charge is 0.349 e. The Hall–Kier alpha value is -1.62. The van der Waals surface area contributed by atoms with Gasteiger partial charge in [0.1, 0.15) is 0 Å². The highest BCUT2D eigenvalue weighted by atomic mass is 15.3. The lowest BCUT2D eigenvalue weighted by atomic mass is 10.2. The fourth-order valence-corrected chi connectivity index (χ4v) is 2.43. The molecule has 5 heteroatoms. The summed E-state index contributed by atoms with van der Waals surface area (Å²) in [5.74, 6) is 0.682. The summed E-state index contributed by atoms with van der Waals surface area (Å²) in [5, 5.41) is 7.75. The maximum Gasteiger partial charge on any atom is 0.243 e. The van der Waals surface area contributed by atoms with Crippen molar-refractivity contribution in [1.82, 2.24) is 14.6 Å². The molecule has 0 radical (unpaired) electrons. The second kappa shape index (κ2) is 4.00. The maximum absolute atomic E-state index is 6.03. The van der Waals surface area contributed by atoms with Gasteiger partial charge in [-0.15, -0.1) is 5.10 Å². The van der Waals surface area contributed by atoms with E-state index < -0.39 is 0 Å². The summed E-state index contributed by atoms with van der Waals surface area (Å²) >= 11 is 0. The zero-order valence-electron chi connectivity index (χ0n) is 9.93. The molecular formula is C12H17N5. The molecule has 2 aromatic rings. The van der Waals surface area contributed by atoms with Crippen LogP contribution in [0.4, 0.5) is 5.95 Å². The Kier molecular flexibility index (Phi) is 2.48. The molecule has 2 aromatic heterocycles. The average Bonchev–Trinajstić information content (AvgIpc) is 2.87. The van der Waals surface area contributed by atoms with Crippen LogP contribution in [0.5, 0.6) is 0 Å². The van der Waals surface area contributed by atoms with Crippen LogP contribution in [0.25, 0.3) is 5.65 Å². The molecule has 2 unspecified atom stereocenters. The van der Waals surface area contributed by atoms with Crippen molar-refractivity contribution in [3.05, 3.63) is 23.9 Å². The first-order chi connectivity index (χ1) is 8.24. The van der Waals surface area contributed by atoms with Crippen molar-refractivity contribution in [2.75, 3.05) is 5.32 Å². The van der Waals surface area contributed by atoms with Gasteiger partial charge in [0.2, 0.25) is 5.95 Å². The highest BCUT2D eigenvalue weighted by molar-refractivity contribution is 5.50. The van der Waals surface area contributed by atoms with Crippen LogP contribution in [-0.2, 0) is 0 Å². The fraction of sp³-hybridized carbons (Fsp3) is 0.500. The van der Waals surface area contributed by atoms with Crippen LogP contribution in [0, 0.1) is 6.92 Å². The van der Waals surface area contributed by atoms with Crippen molar-refractivity contribution in [2.45, 2.75) is 38.3 Å². The van der Waals surface area contributed by atoms with Gasteiger partial charge in [-0.05, 0) is 37.8 Å². The van der Waals surface area contributed by atoms with E-state index in [1.165, 1.54) is 6.42 Å². The van der Waals surface area contributed by atoms with Crippen LogP contribution < -0.4 is 11.1 Å². The normalized spacial score (nSPS) is 24.4. The van der Waals surface area contributed by atoms with E-state index >= 15 is 0 Å². The Morgan fingerprint density at radius 1 is 1.47 bits per heavy atom. The molecule has 0 aliphatic heterocycles. The maximum atomic E-state index is 6.03. The molecular weight excluding hydrogens is 214 g/mol. The Morgan fingerprint density at radius 3 is 3.06 bits per heavy atom. The molecule has 5 nitrogen and oxygen atoms in total. The molecule has 3 rings (SSSR count). The standard InChI is InChI=1S/C12H17N5/c1-8-4-3-7-17-11(8)15-12(16-17)14-10-6-2-5-9(10)13/h3-4,7,9-10H,2,5-6,13H2,1H3,(H,14,16). The Bertz CT molecular complexity index is 533. The van der Waals surface area contributed by atoms with E-state index in [2.05, 4.69) is 15.4 Å². The highest BCUT2D eigenvalue weighted by Gasteiger charge is 2.24. The monoisotopic (exact) mass is 231 g/mol.